The third-order valence-corrected chi connectivity index (χ3v) is 6.61. The Labute approximate surface area is 193 Å². The molecule has 2 aromatic rings. The van der Waals surface area contributed by atoms with Crippen LogP contribution in [0.3, 0.4) is 0 Å². The molecule has 7 nitrogen and oxygen atoms in total. The SMILES string of the molecule is C=C(NCc1ccc2c(c1)OCO2)c1cc(C)c(C)cc1NC(=O)C1CCC(C(=O)O)CC1. The van der Waals surface area contributed by atoms with Crippen molar-refractivity contribution in [1.29, 1.82) is 0 Å². The zero-order chi connectivity index (χ0) is 23.5. The second-order valence-corrected chi connectivity index (χ2v) is 8.88. The first-order chi connectivity index (χ1) is 15.8. The molecule has 1 fully saturated rings. The van der Waals surface area contributed by atoms with E-state index in [9.17, 15) is 14.7 Å². The lowest BCUT2D eigenvalue weighted by Crippen LogP contribution is -2.30. The Balaban J connectivity index is 1.44. The number of aryl methyl sites for hydroxylation is 2. The van der Waals surface area contributed by atoms with Crippen LogP contribution in [0.25, 0.3) is 5.70 Å². The van der Waals surface area contributed by atoms with E-state index in [4.69, 9.17) is 9.47 Å². The lowest BCUT2D eigenvalue weighted by atomic mass is 9.81. The van der Waals surface area contributed by atoms with Crippen LogP contribution >= 0.6 is 0 Å². The molecule has 0 atom stereocenters. The van der Waals surface area contributed by atoms with Gasteiger partial charge in [0.2, 0.25) is 12.7 Å². The first-order valence-corrected chi connectivity index (χ1v) is 11.3. The van der Waals surface area contributed by atoms with E-state index < -0.39 is 5.97 Å². The number of aliphatic carboxylic acids is 1. The van der Waals surface area contributed by atoms with Gasteiger partial charge in [-0.2, -0.15) is 0 Å². The van der Waals surface area contributed by atoms with Crippen LogP contribution in [0.1, 0.15) is 47.9 Å². The predicted octanol–water partition coefficient (Wildman–Crippen LogP) is 4.62. The molecular formula is C26H30N2O5. The highest BCUT2D eigenvalue weighted by atomic mass is 16.7. The van der Waals surface area contributed by atoms with E-state index in [1.807, 2.05) is 44.2 Å². The standard InChI is InChI=1S/C26H30N2O5/c1-15-10-21(17(3)27-13-18-4-9-23-24(12-18)33-14-32-23)22(11-16(15)2)28-25(29)19-5-7-20(8-6-19)26(30)31/h4,9-12,19-20,27H,3,5-8,13-14H2,1-2H3,(H,28,29)(H,30,31). The van der Waals surface area contributed by atoms with Crippen molar-refractivity contribution in [3.05, 3.63) is 59.2 Å². The van der Waals surface area contributed by atoms with Gasteiger partial charge in [0.1, 0.15) is 0 Å². The third kappa shape index (κ3) is 5.13. The molecule has 2 aliphatic rings. The smallest absolute Gasteiger partial charge is 0.306 e. The molecule has 1 saturated carbocycles. The van der Waals surface area contributed by atoms with Gasteiger partial charge >= 0.3 is 5.97 Å². The quantitative estimate of drug-likeness (QED) is 0.570. The highest BCUT2D eigenvalue weighted by Crippen LogP contribution is 2.34. The number of hydrogen-bond donors (Lipinski definition) is 3. The molecule has 7 heteroatoms. The average Bonchev–Trinajstić information content (AvgIpc) is 3.27. The number of rotatable bonds is 7. The van der Waals surface area contributed by atoms with E-state index in [0.717, 1.165) is 33.8 Å². The summed E-state index contributed by atoms with van der Waals surface area (Å²) in [5, 5.41) is 15.6. The summed E-state index contributed by atoms with van der Waals surface area (Å²) in [5.74, 6) is 0.129. The van der Waals surface area contributed by atoms with Crippen LogP contribution < -0.4 is 20.1 Å². The zero-order valence-electron chi connectivity index (χ0n) is 19.1. The van der Waals surface area contributed by atoms with E-state index in [1.165, 1.54) is 0 Å². The van der Waals surface area contributed by atoms with E-state index in [2.05, 4.69) is 17.2 Å². The number of anilines is 1. The van der Waals surface area contributed by atoms with Gasteiger partial charge in [-0.25, -0.2) is 0 Å². The third-order valence-electron chi connectivity index (χ3n) is 6.61. The highest BCUT2D eigenvalue weighted by molar-refractivity contribution is 5.95. The maximum absolute atomic E-state index is 13.0. The maximum atomic E-state index is 13.0. The summed E-state index contributed by atoms with van der Waals surface area (Å²) in [7, 11) is 0. The van der Waals surface area contributed by atoms with Gasteiger partial charge in [0, 0.05) is 23.7 Å². The second-order valence-electron chi connectivity index (χ2n) is 8.88. The zero-order valence-corrected chi connectivity index (χ0v) is 19.1. The Bertz CT molecular complexity index is 1090. The minimum atomic E-state index is -0.768. The molecule has 4 rings (SSSR count). The summed E-state index contributed by atoms with van der Waals surface area (Å²) in [6.45, 7) is 9.04. The van der Waals surface area contributed by atoms with Crippen LogP contribution in [0.2, 0.25) is 0 Å². The van der Waals surface area contributed by atoms with Gasteiger partial charge in [-0.05, 0) is 80.5 Å². The van der Waals surface area contributed by atoms with E-state index in [1.54, 1.807) is 0 Å². The van der Waals surface area contributed by atoms with Gasteiger partial charge in [-0.15, -0.1) is 0 Å². The fourth-order valence-corrected chi connectivity index (χ4v) is 4.36. The molecule has 0 aromatic heterocycles. The number of carboxylic acids is 1. The van der Waals surface area contributed by atoms with Gasteiger partial charge in [0.05, 0.1) is 11.6 Å². The number of carbonyl (C=O) groups excluding carboxylic acids is 1. The van der Waals surface area contributed by atoms with Crippen LogP contribution in [0, 0.1) is 25.7 Å². The highest BCUT2D eigenvalue weighted by Gasteiger charge is 2.30. The molecule has 1 heterocycles. The summed E-state index contributed by atoms with van der Waals surface area (Å²) in [6.07, 6.45) is 2.26. The lowest BCUT2D eigenvalue weighted by Gasteiger charge is -2.26. The Morgan fingerprint density at radius 1 is 1.00 bits per heavy atom. The second kappa shape index (κ2) is 9.57. The first-order valence-electron chi connectivity index (χ1n) is 11.3. The van der Waals surface area contributed by atoms with Gasteiger partial charge < -0.3 is 25.2 Å². The topological polar surface area (TPSA) is 96.9 Å². The van der Waals surface area contributed by atoms with Crippen LogP contribution in [-0.4, -0.2) is 23.8 Å². The van der Waals surface area contributed by atoms with Crippen LogP contribution in [0.5, 0.6) is 11.5 Å². The summed E-state index contributed by atoms with van der Waals surface area (Å²) >= 11 is 0. The van der Waals surface area contributed by atoms with E-state index in [0.29, 0.717) is 43.6 Å². The molecule has 1 amide bonds. The molecule has 1 aliphatic heterocycles. The molecule has 3 N–H and O–H groups in total. The summed E-state index contributed by atoms with van der Waals surface area (Å²) < 4.78 is 10.8. The van der Waals surface area contributed by atoms with Crippen molar-refractivity contribution in [3.63, 3.8) is 0 Å². The fourth-order valence-electron chi connectivity index (χ4n) is 4.36. The van der Waals surface area contributed by atoms with Crippen LogP contribution in [0.15, 0.2) is 36.9 Å². The molecule has 33 heavy (non-hydrogen) atoms. The van der Waals surface area contributed by atoms with Gasteiger partial charge in [-0.3, -0.25) is 9.59 Å². The van der Waals surface area contributed by atoms with E-state index >= 15 is 0 Å². The number of nitrogens with one attached hydrogen (secondary N) is 2. The molecule has 2 aromatic carbocycles. The van der Waals surface area contributed by atoms with Gasteiger partial charge in [0.25, 0.3) is 0 Å². The fraction of sp³-hybridized carbons (Fsp3) is 0.385. The van der Waals surface area contributed by atoms with Crippen molar-refractivity contribution in [2.75, 3.05) is 12.1 Å². The minimum absolute atomic E-state index is 0.0630. The number of benzene rings is 2. The Kier molecular flexibility index (Phi) is 6.58. The number of carbonyl (C=O) groups is 2. The number of fused-ring (bicyclic) bond motifs is 1. The largest absolute Gasteiger partial charge is 0.481 e. The minimum Gasteiger partial charge on any atom is -0.481 e. The lowest BCUT2D eigenvalue weighted by molar-refractivity contribution is -0.143. The van der Waals surface area contributed by atoms with Crippen molar-refractivity contribution in [2.24, 2.45) is 11.8 Å². The molecule has 0 spiro atoms. The van der Waals surface area contributed by atoms with Crippen molar-refractivity contribution in [2.45, 2.75) is 46.1 Å². The number of amides is 1. The maximum Gasteiger partial charge on any atom is 0.306 e. The number of ether oxygens (including phenoxy) is 2. The summed E-state index contributed by atoms with van der Waals surface area (Å²) in [5.41, 5.74) is 5.48. The van der Waals surface area contributed by atoms with Gasteiger partial charge in [-0.1, -0.05) is 12.6 Å². The Morgan fingerprint density at radius 3 is 2.39 bits per heavy atom. The van der Waals surface area contributed by atoms with E-state index in [-0.39, 0.29) is 24.5 Å². The first kappa shape index (κ1) is 22.7. The predicted molar refractivity (Wildman–Crippen MR) is 126 cm³/mol. The average molecular weight is 451 g/mol. The molecule has 1 aliphatic carbocycles. The number of hydrogen-bond acceptors (Lipinski definition) is 5. The molecular weight excluding hydrogens is 420 g/mol. The van der Waals surface area contributed by atoms with Crippen molar-refractivity contribution >= 4 is 23.3 Å². The van der Waals surface area contributed by atoms with Crippen LogP contribution in [-0.2, 0) is 16.1 Å². The molecule has 0 radical (unpaired) electrons. The summed E-state index contributed by atoms with van der Waals surface area (Å²) in [4.78, 5) is 24.2. The molecule has 0 unspecified atom stereocenters. The van der Waals surface area contributed by atoms with Crippen molar-refractivity contribution in [1.82, 2.24) is 5.32 Å². The normalized spacial score (nSPS) is 19.1. The number of carboxylic acid groups (broad SMARTS) is 1. The molecule has 174 valence electrons. The molecule has 0 bridgehead atoms. The van der Waals surface area contributed by atoms with Gasteiger partial charge in [0.15, 0.2) is 11.5 Å². The van der Waals surface area contributed by atoms with Crippen LogP contribution in [0.4, 0.5) is 5.69 Å². The van der Waals surface area contributed by atoms with Crippen molar-refractivity contribution < 1.29 is 24.2 Å². The Hall–Kier alpha value is -3.48. The Morgan fingerprint density at radius 2 is 1.67 bits per heavy atom. The summed E-state index contributed by atoms with van der Waals surface area (Å²) in [6, 6.07) is 9.81. The van der Waals surface area contributed by atoms with Crippen molar-refractivity contribution in [3.8, 4) is 11.5 Å². The molecule has 0 saturated heterocycles. The monoisotopic (exact) mass is 450 g/mol.